The summed E-state index contributed by atoms with van der Waals surface area (Å²) in [6.07, 6.45) is 3.92. The van der Waals surface area contributed by atoms with Gasteiger partial charge < -0.3 is 15.4 Å². The zero-order valence-electron chi connectivity index (χ0n) is 15.0. The molecule has 3 aromatic heterocycles. The number of nitrogens with one attached hydrogen (secondary N) is 2. The molecule has 3 heterocycles. The number of aromatic amines is 1. The Hall–Kier alpha value is -3.33. The lowest BCUT2D eigenvalue weighted by molar-refractivity contribution is 0.0563. The van der Waals surface area contributed by atoms with Crippen molar-refractivity contribution in [3.8, 4) is 11.4 Å². The summed E-state index contributed by atoms with van der Waals surface area (Å²) < 4.78 is 15.2. The molecule has 0 bridgehead atoms. The summed E-state index contributed by atoms with van der Waals surface area (Å²) in [7, 11) is 1.74. The average molecular weight is 380 g/mol. The molecule has 142 valence electrons. The number of aromatic nitrogens is 5. The highest BCUT2D eigenvalue weighted by atomic mass is 19.1. The fraction of sp³-hybridized carbons (Fsp3) is 0.263. The highest BCUT2D eigenvalue weighted by Gasteiger charge is 2.29. The molecule has 8 nitrogen and oxygen atoms in total. The van der Waals surface area contributed by atoms with Gasteiger partial charge in [-0.1, -0.05) is 0 Å². The van der Waals surface area contributed by atoms with Gasteiger partial charge in [0.05, 0.1) is 23.4 Å². The van der Waals surface area contributed by atoms with Crippen LogP contribution in [-0.2, 0) is 7.05 Å². The van der Waals surface area contributed by atoms with E-state index in [1.165, 1.54) is 12.1 Å². The van der Waals surface area contributed by atoms with E-state index in [2.05, 4.69) is 25.4 Å². The van der Waals surface area contributed by atoms with E-state index in [0.29, 0.717) is 46.5 Å². The molecule has 4 aromatic rings. The predicted molar refractivity (Wildman–Crippen MR) is 100 cm³/mol. The highest BCUT2D eigenvalue weighted by molar-refractivity contribution is 6.05. The number of nitrogens with zero attached hydrogens (tertiary/aromatic N) is 4. The molecular weight excluding hydrogens is 363 g/mol. The van der Waals surface area contributed by atoms with Crippen LogP contribution in [0.2, 0.25) is 0 Å². The SMILES string of the molecule is Cn1nc(-c2cnc3[nH]cc(C(=O)N[C@H]4C[C@@H](O)C4)c3n2)c2ccc(F)cc21. The second kappa shape index (κ2) is 6.10. The smallest absolute Gasteiger partial charge is 0.255 e. The number of aliphatic hydroxyl groups is 1. The second-order valence-electron chi connectivity index (χ2n) is 7.08. The van der Waals surface area contributed by atoms with Crippen LogP contribution < -0.4 is 5.32 Å². The number of H-pyrrole nitrogens is 1. The minimum Gasteiger partial charge on any atom is -0.393 e. The first-order valence-corrected chi connectivity index (χ1v) is 8.95. The molecule has 0 atom stereocenters. The maximum atomic E-state index is 13.6. The molecule has 3 N–H and O–H groups in total. The van der Waals surface area contributed by atoms with Gasteiger partial charge in [-0.2, -0.15) is 5.10 Å². The molecule has 1 aromatic carbocycles. The molecule has 1 fully saturated rings. The molecule has 5 rings (SSSR count). The first-order valence-electron chi connectivity index (χ1n) is 8.95. The van der Waals surface area contributed by atoms with E-state index in [9.17, 15) is 14.3 Å². The van der Waals surface area contributed by atoms with E-state index in [0.717, 1.165) is 5.39 Å². The van der Waals surface area contributed by atoms with Gasteiger partial charge in [-0.3, -0.25) is 9.48 Å². The number of benzene rings is 1. The molecule has 28 heavy (non-hydrogen) atoms. The number of rotatable bonds is 3. The molecule has 0 aliphatic heterocycles. The van der Waals surface area contributed by atoms with Crippen molar-refractivity contribution in [2.24, 2.45) is 7.05 Å². The number of carbonyl (C=O) groups excluding carboxylic acids is 1. The van der Waals surface area contributed by atoms with E-state index in [1.807, 2.05) is 0 Å². The third kappa shape index (κ3) is 2.63. The fourth-order valence-corrected chi connectivity index (χ4v) is 3.57. The van der Waals surface area contributed by atoms with Gasteiger partial charge in [0.2, 0.25) is 0 Å². The van der Waals surface area contributed by atoms with Gasteiger partial charge in [-0.15, -0.1) is 0 Å². The lowest BCUT2D eigenvalue weighted by atomic mass is 9.89. The van der Waals surface area contributed by atoms with Crippen molar-refractivity contribution in [2.45, 2.75) is 25.0 Å². The van der Waals surface area contributed by atoms with Crippen LogP contribution in [0.4, 0.5) is 4.39 Å². The zero-order chi connectivity index (χ0) is 19.4. The monoisotopic (exact) mass is 380 g/mol. The number of hydrogen-bond donors (Lipinski definition) is 3. The summed E-state index contributed by atoms with van der Waals surface area (Å²) in [6.45, 7) is 0. The summed E-state index contributed by atoms with van der Waals surface area (Å²) >= 11 is 0. The third-order valence-corrected chi connectivity index (χ3v) is 5.13. The van der Waals surface area contributed by atoms with Crippen LogP contribution in [0.5, 0.6) is 0 Å². The molecule has 1 aliphatic rings. The minimum absolute atomic E-state index is 0.0294. The first kappa shape index (κ1) is 16.8. The topological polar surface area (TPSA) is 109 Å². The maximum Gasteiger partial charge on any atom is 0.255 e. The third-order valence-electron chi connectivity index (χ3n) is 5.13. The van der Waals surface area contributed by atoms with Crippen molar-refractivity contribution in [3.63, 3.8) is 0 Å². The summed E-state index contributed by atoms with van der Waals surface area (Å²) in [6, 6.07) is 4.42. The number of aryl methyl sites for hydroxylation is 1. The van der Waals surface area contributed by atoms with Crippen LogP contribution in [0.15, 0.2) is 30.6 Å². The molecule has 0 unspecified atom stereocenters. The van der Waals surface area contributed by atoms with Gasteiger partial charge in [-0.25, -0.2) is 14.4 Å². The Kier molecular flexibility index (Phi) is 3.66. The molecule has 1 amide bonds. The number of fused-ring (bicyclic) bond motifs is 2. The zero-order valence-corrected chi connectivity index (χ0v) is 15.0. The molecule has 1 aliphatic carbocycles. The standard InChI is InChI=1S/C19H17FN6O2/c1-26-15-4-9(20)2-3-12(15)16(25-26)14-8-22-18-17(24-14)13(7-21-18)19(28)23-10-5-11(27)6-10/h2-4,7-8,10-11,27H,5-6H2,1H3,(H,21,22)(H,23,28)/t10-,11+. The lowest BCUT2D eigenvalue weighted by Crippen LogP contribution is -2.46. The Morgan fingerprint density at radius 2 is 2.21 bits per heavy atom. The molecule has 1 saturated carbocycles. The van der Waals surface area contributed by atoms with E-state index in [-0.39, 0.29) is 23.9 Å². The summed E-state index contributed by atoms with van der Waals surface area (Å²) in [5.41, 5.74) is 3.04. The molecule has 9 heteroatoms. The van der Waals surface area contributed by atoms with Gasteiger partial charge in [0.1, 0.15) is 22.7 Å². The van der Waals surface area contributed by atoms with E-state index < -0.39 is 0 Å². The van der Waals surface area contributed by atoms with Crippen LogP contribution >= 0.6 is 0 Å². The number of amides is 1. The number of halogens is 1. The number of aliphatic hydroxyl groups excluding tert-OH is 1. The molecule has 0 saturated heterocycles. The van der Waals surface area contributed by atoms with Crippen molar-refractivity contribution in [1.82, 2.24) is 30.0 Å². The highest BCUT2D eigenvalue weighted by Crippen LogP contribution is 2.28. The predicted octanol–water partition coefficient (Wildman–Crippen LogP) is 1.90. The summed E-state index contributed by atoms with van der Waals surface area (Å²) in [5.74, 6) is -0.600. The van der Waals surface area contributed by atoms with Gasteiger partial charge >= 0.3 is 0 Å². The fourth-order valence-electron chi connectivity index (χ4n) is 3.57. The minimum atomic E-state index is -0.345. The molecular formula is C19H17FN6O2. The van der Waals surface area contributed by atoms with E-state index >= 15 is 0 Å². The van der Waals surface area contributed by atoms with Crippen LogP contribution in [0.1, 0.15) is 23.2 Å². The second-order valence-corrected chi connectivity index (χ2v) is 7.08. The Bertz CT molecular complexity index is 1220. The van der Waals surface area contributed by atoms with Gasteiger partial charge in [0.15, 0.2) is 5.65 Å². The Balaban J connectivity index is 1.56. The normalized spacial score (nSPS) is 19.1. The van der Waals surface area contributed by atoms with Crippen molar-refractivity contribution in [1.29, 1.82) is 0 Å². The van der Waals surface area contributed by atoms with Crippen LogP contribution in [-0.4, -0.2) is 47.9 Å². The summed E-state index contributed by atoms with van der Waals surface area (Å²) in [4.78, 5) is 24.5. The van der Waals surface area contributed by atoms with Crippen molar-refractivity contribution in [3.05, 3.63) is 42.0 Å². The van der Waals surface area contributed by atoms with Gasteiger partial charge in [0.25, 0.3) is 5.91 Å². The van der Waals surface area contributed by atoms with E-state index in [1.54, 1.807) is 30.2 Å². The Morgan fingerprint density at radius 1 is 1.39 bits per heavy atom. The van der Waals surface area contributed by atoms with Crippen LogP contribution in [0.3, 0.4) is 0 Å². The average Bonchev–Trinajstić information content (AvgIpc) is 3.21. The quantitative estimate of drug-likeness (QED) is 0.503. The first-order chi connectivity index (χ1) is 13.5. The number of carbonyl (C=O) groups is 1. The van der Waals surface area contributed by atoms with Crippen LogP contribution in [0, 0.1) is 5.82 Å². The molecule has 0 radical (unpaired) electrons. The van der Waals surface area contributed by atoms with Crippen molar-refractivity contribution < 1.29 is 14.3 Å². The van der Waals surface area contributed by atoms with Crippen LogP contribution in [0.25, 0.3) is 33.5 Å². The van der Waals surface area contributed by atoms with E-state index in [4.69, 9.17) is 0 Å². The number of hydrogen-bond acceptors (Lipinski definition) is 5. The largest absolute Gasteiger partial charge is 0.393 e. The Morgan fingerprint density at radius 3 is 3.00 bits per heavy atom. The van der Waals surface area contributed by atoms with Crippen molar-refractivity contribution >= 4 is 28.0 Å². The van der Waals surface area contributed by atoms with Crippen molar-refractivity contribution in [2.75, 3.05) is 0 Å². The molecule has 0 spiro atoms. The summed E-state index contributed by atoms with van der Waals surface area (Å²) in [5, 5.41) is 17.5. The van der Waals surface area contributed by atoms with Gasteiger partial charge in [0, 0.05) is 24.7 Å². The lowest BCUT2D eigenvalue weighted by Gasteiger charge is -2.31. The Labute approximate surface area is 158 Å². The van der Waals surface area contributed by atoms with Gasteiger partial charge in [-0.05, 0) is 31.0 Å². The maximum absolute atomic E-state index is 13.6.